The van der Waals surface area contributed by atoms with Crippen LogP contribution in [0.2, 0.25) is 0 Å². The van der Waals surface area contributed by atoms with Crippen LogP contribution in [-0.2, 0) is 32.1 Å². The number of carbonyl (C=O) groups is 4. The van der Waals surface area contributed by atoms with E-state index in [0.29, 0.717) is 45.8 Å². The van der Waals surface area contributed by atoms with Crippen molar-refractivity contribution < 1.29 is 29.0 Å². The number of hydrazine groups is 1. The molecule has 0 saturated carbocycles. The molecule has 2 atom stereocenters. The van der Waals surface area contributed by atoms with Gasteiger partial charge in [0.25, 0.3) is 0 Å². The summed E-state index contributed by atoms with van der Waals surface area (Å²) in [6.45, 7) is 6.85. The van der Waals surface area contributed by atoms with Crippen LogP contribution in [0.25, 0.3) is 0 Å². The number of nitrogens with zero attached hydrogens (tertiary/aromatic N) is 5. The van der Waals surface area contributed by atoms with Crippen molar-refractivity contribution in [2.24, 2.45) is 0 Å². The molecule has 0 radical (unpaired) electrons. The maximum Gasteiger partial charge on any atom is 0.334 e. The fraction of sp³-hybridized carbons (Fsp3) is 0.438. The molecule has 5 amide bonds. The molecule has 0 aromatic heterocycles. The van der Waals surface area contributed by atoms with E-state index in [0.717, 1.165) is 11.1 Å². The number of ether oxygens (including phenoxy) is 1. The number of morpholine rings is 1. The number of phenols is 1. The lowest BCUT2D eigenvalue weighted by Gasteiger charge is -2.55. The first-order valence-electron chi connectivity index (χ1n) is 15.1. The highest BCUT2D eigenvalue weighted by atomic mass is 16.5. The zero-order valence-electron chi connectivity index (χ0n) is 24.8. The van der Waals surface area contributed by atoms with E-state index < -0.39 is 18.2 Å². The largest absolute Gasteiger partial charge is 0.508 e. The number of hydrogen-bond acceptors (Lipinski definition) is 7. The zero-order chi connectivity index (χ0) is 31.1. The van der Waals surface area contributed by atoms with Crippen molar-refractivity contribution >= 4 is 23.8 Å². The number of urea groups is 1. The van der Waals surface area contributed by atoms with E-state index in [9.17, 15) is 24.3 Å². The van der Waals surface area contributed by atoms with Crippen LogP contribution in [0.4, 0.5) is 4.79 Å². The normalized spacial score (nSPS) is 20.8. The van der Waals surface area contributed by atoms with E-state index in [1.165, 1.54) is 9.91 Å². The topological polar surface area (TPSA) is 126 Å². The van der Waals surface area contributed by atoms with Crippen molar-refractivity contribution in [2.75, 3.05) is 52.5 Å². The third-order valence-electron chi connectivity index (χ3n) is 8.21. The van der Waals surface area contributed by atoms with Gasteiger partial charge in [0, 0.05) is 45.6 Å². The second kappa shape index (κ2) is 14.4. The number of hydrogen-bond donors (Lipinski definition) is 2. The van der Waals surface area contributed by atoms with Gasteiger partial charge in [0.2, 0.25) is 17.7 Å². The third-order valence-corrected chi connectivity index (χ3v) is 8.21. The highest BCUT2D eigenvalue weighted by Crippen LogP contribution is 2.29. The Morgan fingerprint density at radius 3 is 2.45 bits per heavy atom. The molecular formula is C32H40N6O6. The molecule has 12 nitrogen and oxygen atoms in total. The van der Waals surface area contributed by atoms with E-state index in [-0.39, 0.29) is 55.9 Å². The molecule has 3 heterocycles. The number of carbonyl (C=O) groups excluding carboxylic acids is 4. The number of rotatable bonds is 10. The smallest absolute Gasteiger partial charge is 0.334 e. The first-order valence-corrected chi connectivity index (χ1v) is 15.1. The highest BCUT2D eigenvalue weighted by Gasteiger charge is 2.51. The number of nitrogens with one attached hydrogen (secondary N) is 1. The van der Waals surface area contributed by atoms with Gasteiger partial charge in [-0.05, 0) is 29.7 Å². The number of aromatic hydroxyl groups is 1. The third kappa shape index (κ3) is 7.20. The van der Waals surface area contributed by atoms with Crippen molar-refractivity contribution in [3.63, 3.8) is 0 Å². The highest BCUT2D eigenvalue weighted by molar-refractivity contribution is 5.91. The molecule has 3 aliphatic rings. The van der Waals surface area contributed by atoms with Crippen LogP contribution >= 0.6 is 0 Å². The first kappa shape index (κ1) is 31.0. The van der Waals surface area contributed by atoms with Crippen LogP contribution in [0.3, 0.4) is 0 Å². The monoisotopic (exact) mass is 604 g/mol. The quantitative estimate of drug-likeness (QED) is 0.395. The second-order valence-corrected chi connectivity index (χ2v) is 11.2. The summed E-state index contributed by atoms with van der Waals surface area (Å²) in [5.41, 5.74) is 1.70. The zero-order valence-corrected chi connectivity index (χ0v) is 24.8. The molecule has 12 heteroatoms. The van der Waals surface area contributed by atoms with Crippen LogP contribution in [0, 0.1) is 0 Å². The van der Waals surface area contributed by atoms with Crippen molar-refractivity contribution in [1.82, 2.24) is 30.0 Å². The van der Waals surface area contributed by atoms with Gasteiger partial charge in [-0.1, -0.05) is 48.5 Å². The molecule has 3 fully saturated rings. The summed E-state index contributed by atoms with van der Waals surface area (Å²) < 4.78 is 5.35. The van der Waals surface area contributed by atoms with Gasteiger partial charge in [0.15, 0.2) is 0 Å². The standard InChI is InChI=1S/C32H40N6O6/c1-2-14-36-23-30(41)37-27(20-24-10-12-26(39)13-11-24)31(42)35(15-6-9-29(40)34-16-18-44-19-17-34)22-28(37)38(36)32(43)33-21-25-7-4-3-5-8-25/h2-5,7-8,10-13,27-28,39H,1,6,9,14-23H2,(H,33,43)/t27-,28-/m0/s1. The van der Waals surface area contributed by atoms with Crippen molar-refractivity contribution in [1.29, 1.82) is 0 Å². The molecule has 2 N–H and O–H groups in total. The molecule has 0 spiro atoms. The lowest BCUT2D eigenvalue weighted by molar-refractivity contribution is -0.189. The van der Waals surface area contributed by atoms with Crippen molar-refractivity contribution in [2.45, 2.75) is 38.0 Å². The molecular weight excluding hydrogens is 564 g/mol. The molecule has 5 rings (SSSR count). The molecule has 0 unspecified atom stereocenters. The van der Waals surface area contributed by atoms with E-state index >= 15 is 0 Å². The Morgan fingerprint density at radius 2 is 1.75 bits per heavy atom. The predicted octanol–water partition coefficient (Wildman–Crippen LogP) is 1.57. The van der Waals surface area contributed by atoms with Gasteiger partial charge in [-0.3, -0.25) is 14.4 Å². The van der Waals surface area contributed by atoms with E-state index in [1.807, 2.05) is 30.3 Å². The van der Waals surface area contributed by atoms with Crippen LogP contribution in [0.15, 0.2) is 67.3 Å². The molecule has 3 saturated heterocycles. The van der Waals surface area contributed by atoms with Crippen LogP contribution in [0.1, 0.15) is 24.0 Å². The molecule has 44 heavy (non-hydrogen) atoms. The minimum atomic E-state index is -0.865. The average Bonchev–Trinajstić information content (AvgIpc) is 3.03. The van der Waals surface area contributed by atoms with Gasteiger partial charge in [0.05, 0.1) is 26.3 Å². The maximum absolute atomic E-state index is 14.0. The summed E-state index contributed by atoms with van der Waals surface area (Å²) in [7, 11) is 0. The molecule has 234 valence electrons. The van der Waals surface area contributed by atoms with Crippen molar-refractivity contribution in [3.05, 3.63) is 78.4 Å². The van der Waals surface area contributed by atoms with E-state index in [2.05, 4.69) is 11.9 Å². The Hall–Kier alpha value is -4.42. The molecule has 2 aromatic rings. The van der Waals surface area contributed by atoms with Crippen LogP contribution < -0.4 is 5.32 Å². The second-order valence-electron chi connectivity index (χ2n) is 11.2. The van der Waals surface area contributed by atoms with E-state index in [1.54, 1.807) is 45.2 Å². The Labute approximate surface area is 257 Å². The Kier molecular flexibility index (Phi) is 10.1. The molecule has 0 bridgehead atoms. The summed E-state index contributed by atoms with van der Waals surface area (Å²) in [6, 6.07) is 14.8. The molecule has 0 aliphatic carbocycles. The Bertz CT molecular complexity index is 1330. The summed E-state index contributed by atoms with van der Waals surface area (Å²) >= 11 is 0. The van der Waals surface area contributed by atoms with Crippen molar-refractivity contribution in [3.8, 4) is 5.75 Å². The lowest BCUT2D eigenvalue weighted by Crippen LogP contribution is -2.76. The number of fused-ring (bicyclic) bond motifs is 1. The number of piperazine rings is 1. The fourth-order valence-corrected chi connectivity index (χ4v) is 6.00. The van der Waals surface area contributed by atoms with Gasteiger partial charge in [-0.25, -0.2) is 14.8 Å². The summed E-state index contributed by atoms with van der Waals surface area (Å²) in [5.74, 6) is -0.373. The number of benzene rings is 2. The first-order chi connectivity index (χ1) is 21.4. The number of amides is 5. The molecule has 3 aliphatic heterocycles. The lowest BCUT2D eigenvalue weighted by atomic mass is 9.98. The van der Waals surface area contributed by atoms with E-state index in [4.69, 9.17) is 4.74 Å². The Balaban J connectivity index is 1.39. The maximum atomic E-state index is 14.0. The van der Waals surface area contributed by atoms with Gasteiger partial charge in [-0.2, -0.15) is 0 Å². The fourth-order valence-electron chi connectivity index (χ4n) is 6.00. The minimum Gasteiger partial charge on any atom is -0.508 e. The van der Waals surface area contributed by atoms with Crippen LogP contribution in [-0.4, -0.2) is 118 Å². The number of phenolic OH excluding ortho intramolecular Hbond substituents is 1. The Morgan fingerprint density at radius 1 is 1.02 bits per heavy atom. The summed E-state index contributed by atoms with van der Waals surface area (Å²) in [6.07, 6.45) is 1.82. The summed E-state index contributed by atoms with van der Waals surface area (Å²) in [5, 5.41) is 16.0. The SMILES string of the molecule is C=CCN1CC(=O)N2[C@@H](Cc3ccc(O)cc3)C(=O)N(CCCC(=O)N3CCOCC3)C[C@@H]2N1C(=O)NCc1ccccc1. The van der Waals surface area contributed by atoms with Gasteiger partial charge < -0.3 is 29.9 Å². The van der Waals surface area contributed by atoms with Gasteiger partial charge in [-0.15, -0.1) is 6.58 Å². The van der Waals surface area contributed by atoms with Gasteiger partial charge >= 0.3 is 6.03 Å². The predicted molar refractivity (Wildman–Crippen MR) is 162 cm³/mol. The van der Waals surface area contributed by atoms with Crippen LogP contribution in [0.5, 0.6) is 5.75 Å². The molecule has 2 aromatic carbocycles. The minimum absolute atomic E-state index is 0.0203. The average molecular weight is 605 g/mol. The summed E-state index contributed by atoms with van der Waals surface area (Å²) in [4.78, 5) is 59.2. The van der Waals surface area contributed by atoms with Gasteiger partial charge in [0.1, 0.15) is 18.0 Å².